The van der Waals surface area contributed by atoms with Crippen LogP contribution in [-0.2, 0) is 9.63 Å². The normalized spacial score (nSPS) is 14.5. The van der Waals surface area contributed by atoms with Crippen molar-refractivity contribution in [3.05, 3.63) is 47.7 Å². The molecule has 0 atom stereocenters. The predicted molar refractivity (Wildman–Crippen MR) is 65.0 cm³/mol. The summed E-state index contributed by atoms with van der Waals surface area (Å²) in [5.41, 5.74) is 1.50. The fraction of sp³-hybridized carbons (Fsp3) is 0.143. The average molecular weight is 241 g/mol. The van der Waals surface area contributed by atoms with Gasteiger partial charge in [0.2, 0.25) is 0 Å². The van der Waals surface area contributed by atoms with Crippen molar-refractivity contribution in [3.63, 3.8) is 0 Å². The molecule has 0 aliphatic carbocycles. The Morgan fingerprint density at radius 3 is 2.50 bits per heavy atom. The molecule has 1 amide bonds. The van der Waals surface area contributed by atoms with Crippen molar-refractivity contribution in [1.82, 2.24) is 5.06 Å². The van der Waals surface area contributed by atoms with E-state index in [-0.39, 0.29) is 5.91 Å². The van der Waals surface area contributed by atoms with E-state index in [4.69, 9.17) is 11.3 Å². The van der Waals surface area contributed by atoms with Crippen molar-refractivity contribution >= 4 is 11.9 Å². The molecule has 90 valence electrons. The number of hydrogen-bond acceptors (Lipinski definition) is 3. The SMILES string of the molecule is C#Cc1ccc(C(=O)ON2C(=C)CCC2=O)cc1. The Hall–Kier alpha value is -2.54. The Bertz CT molecular complexity index is 535. The molecule has 0 saturated carbocycles. The molecule has 4 nitrogen and oxygen atoms in total. The van der Waals surface area contributed by atoms with Crippen LogP contribution >= 0.6 is 0 Å². The van der Waals surface area contributed by atoms with E-state index in [1.807, 2.05) is 0 Å². The van der Waals surface area contributed by atoms with Gasteiger partial charge >= 0.3 is 5.97 Å². The van der Waals surface area contributed by atoms with Gasteiger partial charge in [0, 0.05) is 12.0 Å². The summed E-state index contributed by atoms with van der Waals surface area (Å²) in [4.78, 5) is 28.2. The third-order valence-electron chi connectivity index (χ3n) is 2.60. The zero-order valence-electron chi connectivity index (χ0n) is 9.68. The highest BCUT2D eigenvalue weighted by Gasteiger charge is 2.28. The van der Waals surface area contributed by atoms with E-state index < -0.39 is 5.97 Å². The van der Waals surface area contributed by atoms with Crippen LogP contribution in [0.15, 0.2) is 36.5 Å². The van der Waals surface area contributed by atoms with Crippen LogP contribution in [0.4, 0.5) is 0 Å². The molecule has 0 radical (unpaired) electrons. The fourth-order valence-electron chi connectivity index (χ4n) is 1.58. The maximum Gasteiger partial charge on any atom is 0.363 e. The zero-order chi connectivity index (χ0) is 13.1. The Labute approximate surface area is 105 Å². The van der Waals surface area contributed by atoms with Crippen LogP contribution in [-0.4, -0.2) is 16.9 Å². The van der Waals surface area contributed by atoms with E-state index in [0.29, 0.717) is 29.7 Å². The molecule has 1 aliphatic heterocycles. The summed E-state index contributed by atoms with van der Waals surface area (Å²) >= 11 is 0. The minimum absolute atomic E-state index is 0.256. The Kier molecular flexibility index (Phi) is 3.16. The summed E-state index contributed by atoms with van der Waals surface area (Å²) in [5, 5.41) is 0.956. The molecule has 0 bridgehead atoms. The van der Waals surface area contributed by atoms with Gasteiger partial charge in [0.15, 0.2) is 0 Å². The first kappa shape index (κ1) is 11.9. The summed E-state index contributed by atoms with van der Waals surface area (Å²) in [7, 11) is 0. The summed E-state index contributed by atoms with van der Waals surface area (Å²) in [5.74, 6) is 1.59. The van der Waals surface area contributed by atoms with Gasteiger partial charge in [0.05, 0.1) is 11.3 Å². The highest BCUT2D eigenvalue weighted by Crippen LogP contribution is 2.21. The lowest BCUT2D eigenvalue weighted by molar-refractivity contribution is -0.153. The summed E-state index contributed by atoms with van der Waals surface area (Å²) in [6.45, 7) is 3.66. The van der Waals surface area contributed by atoms with Crippen molar-refractivity contribution in [3.8, 4) is 12.3 Å². The molecule has 2 rings (SSSR count). The van der Waals surface area contributed by atoms with Crippen molar-refractivity contribution in [2.24, 2.45) is 0 Å². The Morgan fingerprint density at radius 2 is 2.00 bits per heavy atom. The number of hydroxylamine groups is 2. The molecule has 1 aromatic carbocycles. The van der Waals surface area contributed by atoms with Crippen LogP contribution in [0.3, 0.4) is 0 Å². The van der Waals surface area contributed by atoms with E-state index >= 15 is 0 Å². The zero-order valence-corrected chi connectivity index (χ0v) is 9.68. The largest absolute Gasteiger partial charge is 0.363 e. The molecular formula is C14H11NO3. The monoisotopic (exact) mass is 241 g/mol. The second-order valence-corrected chi connectivity index (χ2v) is 3.85. The van der Waals surface area contributed by atoms with Crippen molar-refractivity contribution < 1.29 is 14.4 Å². The molecule has 0 unspecified atom stereocenters. The minimum atomic E-state index is -0.602. The first-order chi connectivity index (χ1) is 8.61. The van der Waals surface area contributed by atoms with Gasteiger partial charge in [0.25, 0.3) is 5.91 Å². The summed E-state index contributed by atoms with van der Waals surface area (Å²) in [6, 6.07) is 6.39. The van der Waals surface area contributed by atoms with Crippen LogP contribution in [0.2, 0.25) is 0 Å². The predicted octanol–water partition coefficient (Wildman–Crippen LogP) is 1.88. The maximum atomic E-state index is 11.8. The van der Waals surface area contributed by atoms with Crippen LogP contribution in [0, 0.1) is 12.3 Å². The molecule has 0 spiro atoms. The second-order valence-electron chi connectivity index (χ2n) is 3.85. The number of rotatable bonds is 2. The molecule has 0 aromatic heterocycles. The quantitative estimate of drug-likeness (QED) is 0.743. The van der Waals surface area contributed by atoms with Gasteiger partial charge in [-0.25, -0.2) is 4.79 Å². The van der Waals surface area contributed by atoms with Gasteiger partial charge in [-0.3, -0.25) is 4.79 Å². The maximum absolute atomic E-state index is 11.8. The fourth-order valence-corrected chi connectivity index (χ4v) is 1.58. The molecule has 1 aliphatic rings. The number of amides is 1. The highest BCUT2D eigenvalue weighted by atomic mass is 16.7. The van der Waals surface area contributed by atoms with Crippen LogP contribution in [0.1, 0.15) is 28.8 Å². The van der Waals surface area contributed by atoms with Gasteiger partial charge in [-0.05, 0) is 30.7 Å². The van der Waals surface area contributed by atoms with Gasteiger partial charge in [-0.15, -0.1) is 11.5 Å². The Balaban J connectivity index is 2.10. The number of allylic oxidation sites excluding steroid dienone is 1. The van der Waals surface area contributed by atoms with Crippen LogP contribution in [0.25, 0.3) is 0 Å². The number of benzene rings is 1. The van der Waals surface area contributed by atoms with E-state index in [2.05, 4.69) is 12.5 Å². The van der Waals surface area contributed by atoms with Gasteiger partial charge in [0.1, 0.15) is 0 Å². The lowest BCUT2D eigenvalue weighted by Crippen LogP contribution is -2.26. The standard InChI is InChI=1S/C14H11NO3/c1-3-11-5-7-12(8-6-11)14(17)18-15-10(2)4-9-13(15)16/h1,5-8H,2,4,9H2. The highest BCUT2D eigenvalue weighted by molar-refractivity contribution is 5.91. The van der Waals surface area contributed by atoms with Crippen LogP contribution in [0.5, 0.6) is 0 Å². The first-order valence-electron chi connectivity index (χ1n) is 5.41. The molecule has 18 heavy (non-hydrogen) atoms. The summed E-state index contributed by atoms with van der Waals surface area (Å²) in [6.07, 6.45) is 6.05. The van der Waals surface area contributed by atoms with E-state index in [1.165, 1.54) is 0 Å². The Morgan fingerprint density at radius 1 is 1.33 bits per heavy atom. The molecule has 1 aromatic rings. The number of carbonyl (C=O) groups excluding carboxylic acids is 2. The van der Waals surface area contributed by atoms with Crippen molar-refractivity contribution in [1.29, 1.82) is 0 Å². The number of hydrogen-bond donors (Lipinski definition) is 0. The molecule has 0 N–H and O–H groups in total. The van der Waals surface area contributed by atoms with Gasteiger partial charge < -0.3 is 4.84 Å². The summed E-state index contributed by atoms with van der Waals surface area (Å²) < 4.78 is 0. The van der Waals surface area contributed by atoms with Gasteiger partial charge in [-0.1, -0.05) is 12.5 Å². The molecule has 1 fully saturated rings. The van der Waals surface area contributed by atoms with Crippen molar-refractivity contribution in [2.45, 2.75) is 12.8 Å². The number of carbonyl (C=O) groups is 2. The van der Waals surface area contributed by atoms with E-state index in [9.17, 15) is 9.59 Å². The third kappa shape index (κ3) is 2.25. The number of terminal acetylenes is 1. The van der Waals surface area contributed by atoms with Crippen molar-refractivity contribution in [2.75, 3.05) is 0 Å². The number of nitrogens with zero attached hydrogens (tertiary/aromatic N) is 1. The topological polar surface area (TPSA) is 46.6 Å². The van der Waals surface area contributed by atoms with E-state index in [1.54, 1.807) is 24.3 Å². The smallest absolute Gasteiger partial charge is 0.328 e. The molecule has 1 saturated heterocycles. The minimum Gasteiger partial charge on any atom is -0.328 e. The lowest BCUT2D eigenvalue weighted by atomic mass is 10.1. The third-order valence-corrected chi connectivity index (χ3v) is 2.60. The molecule has 1 heterocycles. The molecule has 4 heteroatoms. The van der Waals surface area contributed by atoms with Crippen LogP contribution < -0.4 is 0 Å². The second kappa shape index (κ2) is 4.76. The van der Waals surface area contributed by atoms with Gasteiger partial charge in [-0.2, -0.15) is 0 Å². The van der Waals surface area contributed by atoms with E-state index in [0.717, 1.165) is 5.06 Å². The lowest BCUT2D eigenvalue weighted by Gasteiger charge is -2.15. The molecular weight excluding hydrogens is 230 g/mol. The first-order valence-corrected chi connectivity index (χ1v) is 5.41. The average Bonchev–Trinajstić information content (AvgIpc) is 2.70.